The van der Waals surface area contributed by atoms with Crippen LogP contribution in [0.25, 0.3) is 11.2 Å². The van der Waals surface area contributed by atoms with Gasteiger partial charge in [0.1, 0.15) is 17.7 Å². The number of ether oxygens (including phenoxy) is 1. The van der Waals surface area contributed by atoms with Gasteiger partial charge in [0.2, 0.25) is 11.9 Å². The number of hydrogen-bond acceptors (Lipinski definition) is 9. The molecule has 11 nitrogen and oxygen atoms in total. The van der Waals surface area contributed by atoms with Crippen molar-refractivity contribution in [3.8, 4) is 0 Å². The van der Waals surface area contributed by atoms with Crippen LogP contribution in [0.5, 0.6) is 0 Å². The number of amides is 1. The Morgan fingerprint density at radius 2 is 1.97 bits per heavy atom. The van der Waals surface area contributed by atoms with Crippen molar-refractivity contribution in [2.75, 3.05) is 17.7 Å². The Labute approximate surface area is 191 Å². The van der Waals surface area contributed by atoms with Crippen molar-refractivity contribution in [3.63, 3.8) is 0 Å². The second-order valence-corrected chi connectivity index (χ2v) is 8.34. The maximum absolute atomic E-state index is 11.0. The average molecular weight is 456 g/mol. The number of fused-ring (bicyclic) bond motifs is 1. The summed E-state index contributed by atoms with van der Waals surface area (Å²) in [6.45, 7) is 2.03. The van der Waals surface area contributed by atoms with Gasteiger partial charge in [0.25, 0.3) is 0 Å². The molecule has 1 amide bonds. The van der Waals surface area contributed by atoms with Gasteiger partial charge in [-0.25, -0.2) is 4.98 Å². The van der Waals surface area contributed by atoms with Gasteiger partial charge >= 0.3 is 0 Å². The van der Waals surface area contributed by atoms with E-state index in [1.165, 1.54) is 6.33 Å². The van der Waals surface area contributed by atoms with Crippen molar-refractivity contribution < 1.29 is 19.7 Å². The van der Waals surface area contributed by atoms with Crippen molar-refractivity contribution in [1.82, 2.24) is 19.5 Å². The van der Waals surface area contributed by atoms with Gasteiger partial charge in [-0.2, -0.15) is 9.97 Å². The first-order chi connectivity index (χ1) is 15.8. The number of carbonyl (C=O) groups is 1. The van der Waals surface area contributed by atoms with Crippen LogP contribution in [0.1, 0.15) is 44.0 Å². The van der Waals surface area contributed by atoms with E-state index >= 15 is 0 Å². The van der Waals surface area contributed by atoms with E-state index in [9.17, 15) is 15.0 Å². The molecule has 1 aromatic carbocycles. The molecule has 0 saturated carbocycles. The number of rotatable bonds is 8. The number of aromatic nitrogens is 4. The van der Waals surface area contributed by atoms with Crippen LogP contribution in [0.15, 0.2) is 36.7 Å². The minimum Gasteiger partial charge on any atom is -0.388 e. The number of benzene rings is 1. The van der Waals surface area contributed by atoms with Crippen LogP contribution < -0.4 is 16.4 Å². The van der Waals surface area contributed by atoms with Gasteiger partial charge in [-0.3, -0.25) is 9.36 Å². The van der Waals surface area contributed by atoms with Gasteiger partial charge in [0, 0.05) is 13.5 Å². The Morgan fingerprint density at radius 3 is 2.67 bits per heavy atom. The monoisotopic (exact) mass is 455 g/mol. The van der Waals surface area contributed by atoms with Crippen molar-refractivity contribution in [3.05, 3.63) is 42.2 Å². The van der Waals surface area contributed by atoms with Crippen molar-refractivity contribution in [1.29, 1.82) is 0 Å². The maximum atomic E-state index is 11.0. The Morgan fingerprint density at radius 1 is 1.24 bits per heavy atom. The zero-order valence-electron chi connectivity index (χ0n) is 18.6. The number of nitrogen functional groups attached to an aromatic ring is 1. The number of nitrogens with two attached hydrogens (primary N) is 2. The SMILES string of the molecule is CC(c1ccccc1)N(C)c1nc(N)c2ncn([C@@H]3O[C@H](CCCC(N)=O)C(O)C3O)c2n1. The van der Waals surface area contributed by atoms with Crippen LogP contribution in [-0.4, -0.2) is 61.0 Å². The molecule has 3 unspecified atom stereocenters. The highest BCUT2D eigenvalue weighted by molar-refractivity contribution is 5.83. The molecule has 33 heavy (non-hydrogen) atoms. The summed E-state index contributed by atoms with van der Waals surface area (Å²) >= 11 is 0. The molecule has 0 radical (unpaired) electrons. The fourth-order valence-electron chi connectivity index (χ4n) is 4.07. The summed E-state index contributed by atoms with van der Waals surface area (Å²) in [7, 11) is 1.87. The summed E-state index contributed by atoms with van der Waals surface area (Å²) in [6.07, 6.45) is -1.43. The van der Waals surface area contributed by atoms with Crippen LogP contribution in [0.2, 0.25) is 0 Å². The Bertz CT molecular complexity index is 1120. The van der Waals surface area contributed by atoms with E-state index in [2.05, 4.69) is 15.0 Å². The van der Waals surface area contributed by atoms with Crippen molar-refractivity contribution in [2.45, 2.75) is 56.8 Å². The van der Waals surface area contributed by atoms with Crippen LogP contribution in [0.4, 0.5) is 11.8 Å². The Hall–Kier alpha value is -3.28. The molecule has 1 aliphatic heterocycles. The second-order valence-electron chi connectivity index (χ2n) is 8.34. The smallest absolute Gasteiger partial charge is 0.229 e. The molecule has 2 aromatic heterocycles. The predicted molar refractivity (Wildman–Crippen MR) is 122 cm³/mol. The number of aliphatic hydroxyl groups excluding tert-OH is 2. The van der Waals surface area contributed by atoms with Crippen molar-refractivity contribution in [2.24, 2.45) is 5.73 Å². The fraction of sp³-hybridized carbons (Fsp3) is 0.455. The number of primary amides is 1. The lowest BCUT2D eigenvalue weighted by Gasteiger charge is -2.25. The largest absolute Gasteiger partial charge is 0.388 e. The predicted octanol–water partition coefficient (Wildman–Crippen LogP) is 0.881. The summed E-state index contributed by atoms with van der Waals surface area (Å²) in [6, 6.07) is 9.92. The number of imidazole rings is 1. The fourth-order valence-corrected chi connectivity index (χ4v) is 4.07. The third-order valence-electron chi connectivity index (χ3n) is 6.14. The molecular weight excluding hydrogens is 426 g/mol. The minimum atomic E-state index is -1.21. The molecule has 1 saturated heterocycles. The lowest BCUT2D eigenvalue weighted by atomic mass is 10.0. The highest BCUT2D eigenvalue weighted by atomic mass is 16.6. The molecule has 11 heteroatoms. The van der Waals surface area contributed by atoms with Crippen LogP contribution in [0.3, 0.4) is 0 Å². The molecule has 5 atom stereocenters. The second kappa shape index (κ2) is 9.30. The molecule has 4 rings (SSSR count). The molecule has 0 aliphatic carbocycles. The van der Waals surface area contributed by atoms with E-state index < -0.39 is 30.4 Å². The number of anilines is 2. The highest BCUT2D eigenvalue weighted by Crippen LogP contribution is 2.35. The maximum Gasteiger partial charge on any atom is 0.229 e. The number of hydrogen-bond donors (Lipinski definition) is 4. The molecule has 1 aliphatic rings. The number of nitrogens with zero attached hydrogens (tertiary/aromatic N) is 5. The molecule has 0 spiro atoms. The first kappa shape index (κ1) is 22.9. The average Bonchev–Trinajstić information content (AvgIpc) is 3.35. The van der Waals surface area contributed by atoms with Gasteiger partial charge in [0.05, 0.1) is 18.5 Å². The summed E-state index contributed by atoms with van der Waals surface area (Å²) in [5, 5.41) is 21.1. The lowest BCUT2D eigenvalue weighted by molar-refractivity contribution is -0.118. The van der Waals surface area contributed by atoms with E-state index in [4.69, 9.17) is 16.2 Å². The lowest BCUT2D eigenvalue weighted by Crippen LogP contribution is -2.31. The van der Waals surface area contributed by atoms with E-state index in [0.717, 1.165) is 5.56 Å². The van der Waals surface area contributed by atoms with E-state index in [1.54, 1.807) is 4.57 Å². The Balaban J connectivity index is 1.62. The third kappa shape index (κ3) is 4.47. The highest BCUT2D eigenvalue weighted by Gasteiger charge is 2.44. The van der Waals surface area contributed by atoms with Gasteiger partial charge in [0.15, 0.2) is 17.7 Å². The van der Waals surface area contributed by atoms with Gasteiger partial charge in [-0.15, -0.1) is 0 Å². The van der Waals surface area contributed by atoms with Gasteiger partial charge in [-0.1, -0.05) is 30.3 Å². The summed E-state index contributed by atoms with van der Waals surface area (Å²) < 4.78 is 7.49. The quantitative estimate of drug-likeness (QED) is 0.386. The zero-order chi connectivity index (χ0) is 23.7. The summed E-state index contributed by atoms with van der Waals surface area (Å²) in [5.41, 5.74) is 13.2. The summed E-state index contributed by atoms with van der Waals surface area (Å²) in [4.78, 5) is 26.3. The molecular formula is C22H29N7O4. The summed E-state index contributed by atoms with van der Waals surface area (Å²) in [5.74, 6) is 0.171. The van der Waals surface area contributed by atoms with E-state index in [0.29, 0.717) is 30.0 Å². The van der Waals surface area contributed by atoms with Gasteiger partial charge < -0.3 is 31.3 Å². The molecule has 0 bridgehead atoms. The zero-order valence-corrected chi connectivity index (χ0v) is 18.6. The van der Waals surface area contributed by atoms with E-state index in [1.807, 2.05) is 49.2 Å². The van der Waals surface area contributed by atoms with Crippen molar-refractivity contribution >= 4 is 28.8 Å². The van der Waals surface area contributed by atoms with Gasteiger partial charge in [-0.05, 0) is 25.3 Å². The van der Waals surface area contributed by atoms with Crippen LogP contribution in [-0.2, 0) is 9.53 Å². The number of aliphatic hydroxyl groups is 2. The first-order valence-corrected chi connectivity index (χ1v) is 10.9. The number of carbonyl (C=O) groups excluding carboxylic acids is 1. The minimum absolute atomic E-state index is 0.0239. The first-order valence-electron chi connectivity index (χ1n) is 10.9. The molecule has 6 N–H and O–H groups in total. The van der Waals surface area contributed by atoms with E-state index in [-0.39, 0.29) is 18.3 Å². The molecule has 3 aromatic rings. The molecule has 1 fully saturated rings. The van der Waals surface area contributed by atoms with Crippen LogP contribution in [0, 0.1) is 0 Å². The normalized spacial score (nSPS) is 23.6. The molecule has 3 heterocycles. The van der Waals surface area contributed by atoms with Crippen LogP contribution >= 0.6 is 0 Å². The molecule has 176 valence electrons. The Kier molecular flexibility index (Phi) is 6.45. The topological polar surface area (TPSA) is 166 Å². The standard InChI is InChI=1S/C22H29N7O4/c1-12(13-7-4-3-5-8-13)28(2)22-26-19(24)16-20(27-22)29(11-25-16)21-18(32)17(31)14(33-21)9-6-10-15(23)30/h3-5,7-8,11-12,14,17-18,21,31-32H,6,9-10H2,1-2H3,(H2,23,30)(H2,24,26,27)/t12?,14-,17?,18?,21-/m1/s1. The third-order valence-corrected chi connectivity index (χ3v) is 6.14.